The number of rotatable bonds is 8. The van der Waals surface area contributed by atoms with Gasteiger partial charge in [0.1, 0.15) is 11.5 Å². The van der Waals surface area contributed by atoms with Crippen molar-refractivity contribution in [1.82, 2.24) is 19.7 Å². The van der Waals surface area contributed by atoms with Gasteiger partial charge < -0.3 is 19.6 Å². The smallest absolute Gasteiger partial charge is 0.330 e. The predicted octanol–water partition coefficient (Wildman–Crippen LogP) is 3.02. The van der Waals surface area contributed by atoms with Crippen LogP contribution in [0.25, 0.3) is 11.6 Å². The maximum absolute atomic E-state index is 13.0. The van der Waals surface area contributed by atoms with E-state index in [9.17, 15) is 9.59 Å². The Balaban J connectivity index is 1.55. The minimum atomic E-state index is -0.599. The molecule has 10 heteroatoms. The molecule has 5 aromatic rings. The zero-order valence-electron chi connectivity index (χ0n) is 18.6. The second-order valence-electron chi connectivity index (χ2n) is 7.90. The quantitative estimate of drug-likeness (QED) is 0.353. The second kappa shape index (κ2) is 9.56. The van der Waals surface area contributed by atoms with Crippen molar-refractivity contribution >= 4 is 11.5 Å². The Morgan fingerprint density at radius 1 is 0.914 bits per heavy atom. The van der Waals surface area contributed by atoms with Gasteiger partial charge in [-0.15, -0.1) is 0 Å². The molecule has 0 aliphatic heterocycles. The highest BCUT2D eigenvalue weighted by atomic mass is 16.5. The average Bonchev–Trinajstić information content (AvgIpc) is 3.55. The molecule has 0 radical (unpaired) electrons. The summed E-state index contributed by atoms with van der Waals surface area (Å²) in [6.45, 7) is 0.604. The van der Waals surface area contributed by atoms with Gasteiger partial charge in [0.2, 0.25) is 11.7 Å². The standard InChI is InChI=1S/C25H22N6O4/c26-22-21(24(32)28-25(33)31(22)15-18-10-5-2-6-11-18)30(14-17-8-3-1-4-9-17)16-20-27-23(29-35-20)19-12-7-13-34-19/h1-13H,14-16,26H2,(H,28,32,33). The van der Waals surface area contributed by atoms with Gasteiger partial charge in [0, 0.05) is 6.54 Å². The molecule has 0 fully saturated rings. The van der Waals surface area contributed by atoms with Crippen LogP contribution in [-0.4, -0.2) is 19.7 Å². The highest BCUT2D eigenvalue weighted by Crippen LogP contribution is 2.23. The lowest BCUT2D eigenvalue weighted by atomic mass is 10.2. The fraction of sp³-hybridized carbons (Fsp3) is 0.120. The van der Waals surface area contributed by atoms with Crippen LogP contribution in [0.2, 0.25) is 0 Å². The highest BCUT2D eigenvalue weighted by molar-refractivity contribution is 5.63. The first-order valence-corrected chi connectivity index (χ1v) is 10.9. The molecule has 0 unspecified atom stereocenters. The van der Waals surface area contributed by atoms with E-state index in [0.29, 0.717) is 18.1 Å². The normalized spacial score (nSPS) is 11.0. The van der Waals surface area contributed by atoms with E-state index in [1.54, 1.807) is 17.0 Å². The average molecular weight is 470 g/mol. The number of nitrogens with one attached hydrogen (secondary N) is 1. The van der Waals surface area contributed by atoms with Crippen molar-refractivity contribution in [2.24, 2.45) is 0 Å². The molecule has 0 atom stereocenters. The molecule has 0 bridgehead atoms. The monoisotopic (exact) mass is 470 g/mol. The van der Waals surface area contributed by atoms with E-state index in [1.165, 1.54) is 10.8 Å². The van der Waals surface area contributed by atoms with E-state index in [0.717, 1.165) is 11.1 Å². The number of nitrogens with two attached hydrogens (primary N) is 1. The van der Waals surface area contributed by atoms with Gasteiger partial charge in [-0.25, -0.2) is 4.79 Å². The topological polar surface area (TPSA) is 136 Å². The first kappa shape index (κ1) is 22.0. The van der Waals surface area contributed by atoms with Crippen molar-refractivity contribution in [3.05, 3.63) is 117 Å². The fourth-order valence-corrected chi connectivity index (χ4v) is 3.81. The number of benzene rings is 2. The Hall–Kier alpha value is -4.86. The molecule has 0 amide bonds. The van der Waals surface area contributed by atoms with Gasteiger partial charge in [0.05, 0.1) is 19.4 Å². The molecule has 3 aromatic heterocycles. The van der Waals surface area contributed by atoms with Crippen LogP contribution in [0, 0.1) is 0 Å². The summed E-state index contributed by atoms with van der Waals surface area (Å²) in [7, 11) is 0. The van der Waals surface area contributed by atoms with E-state index in [1.807, 2.05) is 60.7 Å². The van der Waals surface area contributed by atoms with Crippen molar-refractivity contribution in [1.29, 1.82) is 0 Å². The van der Waals surface area contributed by atoms with Crippen molar-refractivity contribution in [2.75, 3.05) is 10.6 Å². The number of H-pyrrole nitrogens is 1. The molecule has 3 heterocycles. The third-order valence-electron chi connectivity index (χ3n) is 5.47. The van der Waals surface area contributed by atoms with Crippen LogP contribution in [0.5, 0.6) is 0 Å². The van der Waals surface area contributed by atoms with Gasteiger partial charge in [-0.3, -0.25) is 14.3 Å². The molecule has 0 aliphatic rings. The summed E-state index contributed by atoms with van der Waals surface area (Å²) in [6.07, 6.45) is 1.52. The number of nitrogen functional groups attached to an aromatic ring is 1. The Bertz CT molecular complexity index is 1520. The van der Waals surface area contributed by atoms with Crippen LogP contribution in [0.1, 0.15) is 17.0 Å². The van der Waals surface area contributed by atoms with Crippen molar-refractivity contribution in [3.63, 3.8) is 0 Å². The molecular formula is C25H22N6O4. The number of hydrogen-bond acceptors (Lipinski definition) is 8. The molecule has 35 heavy (non-hydrogen) atoms. The number of hydrogen-bond donors (Lipinski definition) is 2. The third kappa shape index (κ3) is 4.76. The summed E-state index contributed by atoms with van der Waals surface area (Å²) < 4.78 is 12.1. The van der Waals surface area contributed by atoms with Gasteiger partial charge in [0.15, 0.2) is 5.76 Å². The number of nitrogens with zero attached hydrogens (tertiary/aromatic N) is 4. The fourth-order valence-electron chi connectivity index (χ4n) is 3.81. The molecule has 3 N–H and O–H groups in total. The number of aromatic nitrogens is 4. The molecule has 0 saturated carbocycles. The van der Waals surface area contributed by atoms with Gasteiger partial charge >= 0.3 is 5.69 Å². The second-order valence-corrected chi connectivity index (χ2v) is 7.90. The minimum Gasteiger partial charge on any atom is -0.461 e. The van der Waals surface area contributed by atoms with Crippen molar-refractivity contribution < 1.29 is 8.94 Å². The van der Waals surface area contributed by atoms with Crippen LogP contribution in [0.15, 0.2) is 97.6 Å². The lowest BCUT2D eigenvalue weighted by molar-refractivity contribution is 0.375. The van der Waals surface area contributed by atoms with Crippen LogP contribution in [-0.2, 0) is 19.6 Å². The zero-order valence-corrected chi connectivity index (χ0v) is 18.6. The lowest BCUT2D eigenvalue weighted by Gasteiger charge is -2.25. The Morgan fingerprint density at radius 3 is 2.31 bits per heavy atom. The molecule has 176 valence electrons. The summed E-state index contributed by atoms with van der Waals surface area (Å²) in [4.78, 5) is 34.2. The number of anilines is 2. The molecule has 10 nitrogen and oxygen atoms in total. The van der Waals surface area contributed by atoms with E-state index in [2.05, 4.69) is 15.1 Å². The Morgan fingerprint density at radius 2 is 1.63 bits per heavy atom. The van der Waals surface area contributed by atoms with E-state index in [-0.39, 0.29) is 30.5 Å². The number of aromatic amines is 1. The molecule has 0 spiro atoms. The zero-order chi connectivity index (χ0) is 24.2. The van der Waals surface area contributed by atoms with Crippen molar-refractivity contribution in [2.45, 2.75) is 19.6 Å². The van der Waals surface area contributed by atoms with E-state index >= 15 is 0 Å². The maximum atomic E-state index is 13.0. The van der Waals surface area contributed by atoms with Crippen LogP contribution < -0.4 is 21.9 Å². The Labute approximate surface area is 199 Å². The van der Waals surface area contributed by atoms with Crippen LogP contribution >= 0.6 is 0 Å². The van der Waals surface area contributed by atoms with Crippen molar-refractivity contribution in [3.8, 4) is 11.6 Å². The van der Waals surface area contributed by atoms with Crippen LogP contribution in [0.4, 0.5) is 11.5 Å². The van der Waals surface area contributed by atoms with Gasteiger partial charge in [-0.05, 0) is 23.3 Å². The molecule has 0 aliphatic carbocycles. The maximum Gasteiger partial charge on any atom is 0.330 e. The van der Waals surface area contributed by atoms with E-state index in [4.69, 9.17) is 14.7 Å². The largest absolute Gasteiger partial charge is 0.461 e. The lowest BCUT2D eigenvalue weighted by Crippen LogP contribution is -2.38. The summed E-state index contributed by atoms with van der Waals surface area (Å²) >= 11 is 0. The van der Waals surface area contributed by atoms with Crippen LogP contribution in [0.3, 0.4) is 0 Å². The minimum absolute atomic E-state index is 0.0457. The first-order chi connectivity index (χ1) is 17.1. The molecule has 5 rings (SSSR count). The molecular weight excluding hydrogens is 448 g/mol. The van der Waals surface area contributed by atoms with Gasteiger partial charge in [-0.2, -0.15) is 4.98 Å². The summed E-state index contributed by atoms with van der Waals surface area (Å²) in [5, 5.41) is 3.97. The first-order valence-electron chi connectivity index (χ1n) is 10.9. The SMILES string of the molecule is Nc1c(N(Cc2ccccc2)Cc2nc(-c3ccco3)no2)c(=O)[nH]c(=O)n1Cc1ccccc1. The number of furan rings is 1. The Kier molecular flexibility index (Phi) is 6.00. The summed E-state index contributed by atoms with van der Waals surface area (Å²) in [5.41, 5.74) is 7.20. The summed E-state index contributed by atoms with van der Waals surface area (Å²) in [6, 6.07) is 22.4. The highest BCUT2D eigenvalue weighted by Gasteiger charge is 2.22. The van der Waals surface area contributed by atoms with E-state index < -0.39 is 11.2 Å². The summed E-state index contributed by atoms with van der Waals surface area (Å²) in [5.74, 6) is 1.06. The molecule has 2 aromatic carbocycles. The van der Waals surface area contributed by atoms with Gasteiger partial charge in [0.25, 0.3) is 5.56 Å². The predicted molar refractivity (Wildman–Crippen MR) is 130 cm³/mol. The molecule has 0 saturated heterocycles. The third-order valence-corrected chi connectivity index (χ3v) is 5.47. The van der Waals surface area contributed by atoms with Gasteiger partial charge in [-0.1, -0.05) is 65.8 Å².